The lowest BCUT2D eigenvalue weighted by atomic mass is 9.93. The number of hydrogen-bond donors (Lipinski definition) is 2. The third-order valence-corrected chi connectivity index (χ3v) is 6.60. The Kier molecular flexibility index (Phi) is 4.56. The largest absolute Gasteiger partial charge is 0.361 e. The zero-order chi connectivity index (χ0) is 19.1. The van der Waals surface area contributed by atoms with Gasteiger partial charge >= 0.3 is 0 Å². The molecule has 4 heterocycles. The molecule has 2 N–H and O–H groups in total. The van der Waals surface area contributed by atoms with E-state index in [2.05, 4.69) is 41.4 Å². The van der Waals surface area contributed by atoms with Crippen LogP contribution in [0.15, 0.2) is 29.0 Å². The highest BCUT2D eigenvalue weighted by Gasteiger charge is 2.37. The van der Waals surface area contributed by atoms with Gasteiger partial charge in [0, 0.05) is 24.2 Å². The molecule has 5 rings (SSSR count). The molecule has 1 fully saturated rings. The van der Waals surface area contributed by atoms with Crippen LogP contribution in [0.25, 0.3) is 16.8 Å². The van der Waals surface area contributed by atoms with Crippen molar-refractivity contribution in [1.82, 2.24) is 34.4 Å². The van der Waals surface area contributed by atoms with Gasteiger partial charge in [-0.3, -0.25) is 9.12 Å². The highest BCUT2D eigenvalue weighted by Crippen LogP contribution is 2.42. The number of H-pyrrole nitrogens is 1. The molecule has 0 aromatic carbocycles. The van der Waals surface area contributed by atoms with Crippen LogP contribution in [0.2, 0.25) is 0 Å². The van der Waals surface area contributed by atoms with Crippen molar-refractivity contribution in [2.24, 2.45) is 5.92 Å². The molecular weight excluding hydrogens is 374 g/mol. The summed E-state index contributed by atoms with van der Waals surface area (Å²) in [5, 5.41) is 13.0. The summed E-state index contributed by atoms with van der Waals surface area (Å²) >= 11 is 1.71. The minimum absolute atomic E-state index is 0.382. The second kappa shape index (κ2) is 7.21. The molecule has 1 saturated carbocycles. The minimum Gasteiger partial charge on any atom is -0.361 e. The summed E-state index contributed by atoms with van der Waals surface area (Å²) in [6.45, 7) is 4.18. The van der Waals surface area contributed by atoms with Crippen LogP contribution in [0.1, 0.15) is 49.4 Å². The van der Waals surface area contributed by atoms with Gasteiger partial charge in [0.15, 0.2) is 11.3 Å². The van der Waals surface area contributed by atoms with Crippen LogP contribution in [-0.2, 0) is 5.75 Å². The number of hydrogen-bond acceptors (Lipinski definition) is 7. The first-order chi connectivity index (χ1) is 13.7. The highest BCUT2D eigenvalue weighted by molar-refractivity contribution is 7.96. The first-order valence-electron chi connectivity index (χ1n) is 9.69. The third kappa shape index (κ3) is 3.08. The van der Waals surface area contributed by atoms with Gasteiger partial charge in [0.05, 0.1) is 23.2 Å². The average Bonchev–Trinajstić information content (AvgIpc) is 3.46. The topological polar surface area (TPSA) is 96.9 Å². The standard InChI is InChI=1S/C19H23N7OS/c1-3-12-7-13(25-28-10-14-6-11(2)27-24-14)8-15(12)19-23-22-17-9-21-18-16(26(17)19)4-5-20-18/h4-6,9,12-13,15,20,25H,3,7-8,10H2,1-2H3. The number of aromatic amines is 1. The van der Waals surface area contributed by atoms with E-state index in [0.29, 0.717) is 17.9 Å². The van der Waals surface area contributed by atoms with Gasteiger partial charge in [-0.2, -0.15) is 0 Å². The minimum atomic E-state index is 0.382. The van der Waals surface area contributed by atoms with Crippen LogP contribution in [0.5, 0.6) is 0 Å². The zero-order valence-corrected chi connectivity index (χ0v) is 16.7. The molecule has 0 amide bonds. The van der Waals surface area contributed by atoms with Gasteiger partial charge in [-0.25, -0.2) is 4.98 Å². The molecule has 3 unspecified atom stereocenters. The Morgan fingerprint density at radius 3 is 3.11 bits per heavy atom. The van der Waals surface area contributed by atoms with Gasteiger partial charge in [0.1, 0.15) is 11.6 Å². The fourth-order valence-corrected chi connectivity index (χ4v) is 5.14. The lowest BCUT2D eigenvalue weighted by molar-refractivity contribution is 0.393. The summed E-state index contributed by atoms with van der Waals surface area (Å²) in [6.07, 6.45) is 7.03. The Hall–Kier alpha value is -2.39. The van der Waals surface area contributed by atoms with Crippen LogP contribution in [-0.4, -0.2) is 35.8 Å². The molecule has 4 aromatic heterocycles. The van der Waals surface area contributed by atoms with Crippen molar-refractivity contribution in [1.29, 1.82) is 0 Å². The molecule has 3 atom stereocenters. The third-order valence-electron chi connectivity index (χ3n) is 5.66. The van der Waals surface area contributed by atoms with E-state index in [9.17, 15) is 0 Å². The van der Waals surface area contributed by atoms with Gasteiger partial charge in [-0.05, 0) is 31.7 Å². The van der Waals surface area contributed by atoms with Gasteiger partial charge in [0.2, 0.25) is 0 Å². The second-order valence-electron chi connectivity index (χ2n) is 7.50. The van der Waals surface area contributed by atoms with Crippen molar-refractivity contribution in [3.63, 3.8) is 0 Å². The molecule has 0 aliphatic heterocycles. The SMILES string of the molecule is CCC1CC(NSCc2cc(C)on2)CC1c1nnc2cnc3[nH]ccc3n12. The van der Waals surface area contributed by atoms with Crippen LogP contribution < -0.4 is 4.72 Å². The van der Waals surface area contributed by atoms with Crippen LogP contribution in [0, 0.1) is 12.8 Å². The fraction of sp³-hybridized carbons (Fsp3) is 0.474. The maximum absolute atomic E-state index is 5.14. The predicted octanol–water partition coefficient (Wildman–Crippen LogP) is 3.61. The van der Waals surface area contributed by atoms with Crippen LogP contribution in [0.4, 0.5) is 0 Å². The Balaban J connectivity index is 1.35. The van der Waals surface area contributed by atoms with Crippen molar-refractivity contribution < 1.29 is 4.52 Å². The summed E-state index contributed by atoms with van der Waals surface area (Å²) in [5.41, 5.74) is 3.69. The zero-order valence-electron chi connectivity index (χ0n) is 15.9. The van der Waals surface area contributed by atoms with E-state index in [1.807, 2.05) is 25.3 Å². The molecule has 0 saturated heterocycles. The number of rotatable bonds is 6. The number of fused-ring (bicyclic) bond motifs is 3. The summed E-state index contributed by atoms with van der Waals surface area (Å²) in [6, 6.07) is 4.48. The maximum Gasteiger partial charge on any atom is 0.179 e. The van der Waals surface area contributed by atoms with Gasteiger partial charge in [0.25, 0.3) is 0 Å². The Bertz CT molecular complexity index is 1100. The first-order valence-corrected chi connectivity index (χ1v) is 10.7. The smallest absolute Gasteiger partial charge is 0.179 e. The van der Waals surface area contributed by atoms with Crippen LogP contribution >= 0.6 is 11.9 Å². The number of nitrogens with zero attached hydrogens (tertiary/aromatic N) is 5. The fourth-order valence-electron chi connectivity index (χ4n) is 4.35. The van der Waals surface area contributed by atoms with Crippen molar-refractivity contribution in [3.05, 3.63) is 41.8 Å². The van der Waals surface area contributed by atoms with Crippen LogP contribution in [0.3, 0.4) is 0 Å². The molecule has 0 bridgehead atoms. The number of nitrogens with one attached hydrogen (secondary N) is 2. The Labute approximate surface area is 166 Å². The molecule has 0 spiro atoms. The molecule has 146 valence electrons. The normalized spacial score (nSPS) is 22.6. The van der Waals surface area contributed by atoms with Crippen molar-refractivity contribution in [2.45, 2.75) is 50.8 Å². The van der Waals surface area contributed by atoms with Gasteiger partial charge in [-0.15, -0.1) is 10.2 Å². The number of aromatic nitrogens is 6. The average molecular weight is 398 g/mol. The van der Waals surface area contributed by atoms with Gasteiger partial charge < -0.3 is 9.51 Å². The van der Waals surface area contributed by atoms with E-state index in [1.54, 1.807) is 18.1 Å². The highest BCUT2D eigenvalue weighted by atomic mass is 32.2. The van der Waals surface area contributed by atoms with E-state index in [4.69, 9.17) is 4.52 Å². The van der Waals surface area contributed by atoms with Crippen molar-refractivity contribution in [2.75, 3.05) is 0 Å². The molecule has 8 nitrogen and oxygen atoms in total. The quantitative estimate of drug-likeness (QED) is 0.480. The molecule has 1 aliphatic rings. The summed E-state index contributed by atoms with van der Waals surface area (Å²) in [7, 11) is 0. The molecule has 9 heteroatoms. The number of aryl methyl sites for hydroxylation is 1. The predicted molar refractivity (Wildman–Crippen MR) is 108 cm³/mol. The van der Waals surface area contributed by atoms with E-state index in [0.717, 1.165) is 59.1 Å². The molecule has 0 radical (unpaired) electrons. The molecule has 4 aromatic rings. The molecule has 28 heavy (non-hydrogen) atoms. The lowest BCUT2D eigenvalue weighted by Gasteiger charge is -2.16. The van der Waals surface area contributed by atoms with E-state index in [-0.39, 0.29) is 0 Å². The molecular formula is C19H23N7OS. The van der Waals surface area contributed by atoms with Crippen molar-refractivity contribution >= 4 is 28.8 Å². The second-order valence-corrected chi connectivity index (χ2v) is 8.31. The van der Waals surface area contributed by atoms with Gasteiger partial charge in [-0.1, -0.05) is 30.4 Å². The van der Waals surface area contributed by atoms with Crippen molar-refractivity contribution in [3.8, 4) is 0 Å². The summed E-state index contributed by atoms with van der Waals surface area (Å²) in [4.78, 5) is 7.61. The first kappa shape index (κ1) is 17.7. The van der Waals surface area contributed by atoms with E-state index < -0.39 is 0 Å². The Morgan fingerprint density at radius 2 is 2.29 bits per heavy atom. The Morgan fingerprint density at radius 1 is 1.36 bits per heavy atom. The van der Waals surface area contributed by atoms with E-state index in [1.165, 1.54) is 0 Å². The summed E-state index contributed by atoms with van der Waals surface area (Å²) < 4.78 is 10.9. The van der Waals surface area contributed by atoms with E-state index >= 15 is 0 Å². The lowest BCUT2D eigenvalue weighted by Crippen LogP contribution is -2.20. The maximum atomic E-state index is 5.14. The monoisotopic (exact) mass is 397 g/mol. The summed E-state index contributed by atoms with van der Waals surface area (Å²) in [5.74, 6) is 3.68. The molecule has 1 aliphatic carbocycles.